The largest absolute Gasteiger partial charge is 0.495 e. The summed E-state index contributed by atoms with van der Waals surface area (Å²) in [5.41, 5.74) is 1.15. The lowest BCUT2D eigenvalue weighted by Crippen LogP contribution is -2.44. The van der Waals surface area contributed by atoms with Gasteiger partial charge in [0.2, 0.25) is 0 Å². The van der Waals surface area contributed by atoms with Gasteiger partial charge in [-0.1, -0.05) is 0 Å². The van der Waals surface area contributed by atoms with Gasteiger partial charge in [-0.15, -0.1) is 0 Å². The molecule has 16 heavy (non-hydrogen) atoms. The number of likely N-dealkylation sites (N-methyl/N-ethyl adjacent to an activating group) is 1. The molecule has 1 aromatic heterocycles. The Morgan fingerprint density at radius 3 is 3.12 bits per heavy atom. The Morgan fingerprint density at radius 1 is 1.50 bits per heavy atom. The molecule has 2 heterocycles. The number of hydrogen-bond acceptors (Lipinski definition) is 4. The second kappa shape index (κ2) is 5.16. The first-order valence-corrected chi connectivity index (χ1v) is 5.74. The van der Waals surface area contributed by atoms with Crippen LogP contribution in [0, 0.1) is 0 Å². The molecule has 0 radical (unpaired) electrons. The van der Waals surface area contributed by atoms with Crippen LogP contribution in [0.25, 0.3) is 0 Å². The highest BCUT2D eigenvalue weighted by Gasteiger charge is 2.18. The maximum atomic E-state index is 5.19. The predicted molar refractivity (Wildman–Crippen MR) is 65.1 cm³/mol. The molecule has 4 heteroatoms. The third kappa shape index (κ3) is 2.44. The normalized spacial score (nSPS) is 20.9. The first-order chi connectivity index (χ1) is 7.83. The predicted octanol–water partition coefficient (Wildman–Crippen LogP) is 1.28. The highest BCUT2D eigenvalue weighted by molar-refractivity contribution is 5.48. The summed E-state index contributed by atoms with van der Waals surface area (Å²) in [5, 5.41) is 3.34. The second-order valence-corrected chi connectivity index (χ2v) is 4.16. The van der Waals surface area contributed by atoms with Crippen LogP contribution in [-0.2, 0) is 0 Å². The van der Waals surface area contributed by atoms with Crippen LogP contribution in [0.5, 0.6) is 5.75 Å². The molecule has 1 atom stereocenters. The van der Waals surface area contributed by atoms with Crippen molar-refractivity contribution in [3.63, 3.8) is 0 Å². The number of aromatic nitrogens is 1. The fourth-order valence-electron chi connectivity index (χ4n) is 2.14. The van der Waals surface area contributed by atoms with Crippen molar-refractivity contribution in [2.75, 3.05) is 32.1 Å². The van der Waals surface area contributed by atoms with Crippen LogP contribution in [0.2, 0.25) is 0 Å². The average molecular weight is 221 g/mol. The number of anilines is 1. The van der Waals surface area contributed by atoms with Crippen LogP contribution < -0.4 is 15.0 Å². The van der Waals surface area contributed by atoms with E-state index in [0.717, 1.165) is 24.5 Å². The van der Waals surface area contributed by atoms with Crippen molar-refractivity contribution in [2.24, 2.45) is 0 Å². The maximum Gasteiger partial charge on any atom is 0.139 e. The van der Waals surface area contributed by atoms with E-state index in [1.54, 1.807) is 13.3 Å². The van der Waals surface area contributed by atoms with Crippen molar-refractivity contribution in [2.45, 2.75) is 18.9 Å². The second-order valence-electron chi connectivity index (χ2n) is 4.16. The van der Waals surface area contributed by atoms with E-state index in [0.29, 0.717) is 6.04 Å². The Bertz CT molecular complexity index is 343. The SMILES string of the molecule is CN[C@H]1CCCN(c2cncc(OC)c2)C1. The Kier molecular flexibility index (Phi) is 3.62. The first kappa shape index (κ1) is 11.2. The van der Waals surface area contributed by atoms with Gasteiger partial charge >= 0.3 is 0 Å². The molecule has 4 nitrogen and oxygen atoms in total. The van der Waals surface area contributed by atoms with Crippen LogP contribution in [0.3, 0.4) is 0 Å². The minimum absolute atomic E-state index is 0.583. The third-order valence-electron chi connectivity index (χ3n) is 3.13. The molecular formula is C12H19N3O. The number of piperidine rings is 1. The molecule has 88 valence electrons. The fraction of sp³-hybridized carbons (Fsp3) is 0.583. The van der Waals surface area contributed by atoms with Crippen LogP contribution >= 0.6 is 0 Å². The Labute approximate surface area is 96.6 Å². The zero-order chi connectivity index (χ0) is 11.4. The summed E-state index contributed by atoms with van der Waals surface area (Å²) >= 11 is 0. The van der Waals surface area contributed by atoms with E-state index in [1.807, 2.05) is 19.3 Å². The zero-order valence-electron chi connectivity index (χ0n) is 9.94. The number of nitrogens with one attached hydrogen (secondary N) is 1. The minimum atomic E-state index is 0.583. The van der Waals surface area contributed by atoms with Crippen molar-refractivity contribution in [1.82, 2.24) is 10.3 Å². The van der Waals surface area contributed by atoms with E-state index in [2.05, 4.69) is 15.2 Å². The van der Waals surface area contributed by atoms with Gasteiger partial charge in [-0.2, -0.15) is 0 Å². The van der Waals surface area contributed by atoms with Crippen molar-refractivity contribution in [3.05, 3.63) is 18.5 Å². The molecule has 0 saturated carbocycles. The molecule has 1 aliphatic rings. The summed E-state index contributed by atoms with van der Waals surface area (Å²) in [6.45, 7) is 2.15. The van der Waals surface area contributed by atoms with Crippen molar-refractivity contribution < 1.29 is 4.74 Å². The number of nitrogens with zero attached hydrogens (tertiary/aromatic N) is 2. The van der Waals surface area contributed by atoms with E-state index in [-0.39, 0.29) is 0 Å². The highest BCUT2D eigenvalue weighted by Crippen LogP contribution is 2.22. The van der Waals surface area contributed by atoms with Gasteiger partial charge in [0.05, 0.1) is 25.2 Å². The molecule has 1 N–H and O–H groups in total. The number of methoxy groups -OCH3 is 1. The molecule has 0 amide bonds. The minimum Gasteiger partial charge on any atom is -0.495 e. The number of ether oxygens (including phenoxy) is 1. The topological polar surface area (TPSA) is 37.4 Å². The van der Waals surface area contributed by atoms with Crippen molar-refractivity contribution in [1.29, 1.82) is 0 Å². The molecule has 0 unspecified atom stereocenters. The van der Waals surface area contributed by atoms with Crippen molar-refractivity contribution in [3.8, 4) is 5.75 Å². The maximum absolute atomic E-state index is 5.19. The van der Waals surface area contributed by atoms with Gasteiger partial charge in [0.25, 0.3) is 0 Å². The lowest BCUT2D eigenvalue weighted by atomic mass is 10.1. The summed E-state index contributed by atoms with van der Waals surface area (Å²) in [5.74, 6) is 0.823. The van der Waals surface area contributed by atoms with Gasteiger partial charge in [0.15, 0.2) is 0 Å². The van der Waals surface area contributed by atoms with Gasteiger partial charge in [0, 0.05) is 25.2 Å². The molecule has 0 spiro atoms. The number of hydrogen-bond donors (Lipinski definition) is 1. The summed E-state index contributed by atoms with van der Waals surface area (Å²) < 4.78 is 5.19. The lowest BCUT2D eigenvalue weighted by Gasteiger charge is -2.34. The summed E-state index contributed by atoms with van der Waals surface area (Å²) in [7, 11) is 3.70. The molecule has 0 aliphatic carbocycles. The average Bonchev–Trinajstić information content (AvgIpc) is 2.39. The first-order valence-electron chi connectivity index (χ1n) is 5.74. The molecule has 1 aliphatic heterocycles. The summed E-state index contributed by atoms with van der Waals surface area (Å²) in [4.78, 5) is 6.56. The monoisotopic (exact) mass is 221 g/mol. The third-order valence-corrected chi connectivity index (χ3v) is 3.13. The van der Waals surface area contributed by atoms with E-state index in [4.69, 9.17) is 4.74 Å². The summed E-state index contributed by atoms with van der Waals surface area (Å²) in [6.07, 6.45) is 6.12. The molecule has 0 aromatic carbocycles. The summed E-state index contributed by atoms with van der Waals surface area (Å²) in [6, 6.07) is 2.63. The Morgan fingerprint density at radius 2 is 2.38 bits per heavy atom. The van der Waals surface area contributed by atoms with Crippen molar-refractivity contribution >= 4 is 5.69 Å². The van der Waals surface area contributed by atoms with Crippen LogP contribution in [0.15, 0.2) is 18.5 Å². The molecule has 2 rings (SSSR count). The van der Waals surface area contributed by atoms with E-state index < -0.39 is 0 Å². The number of rotatable bonds is 3. The van der Waals surface area contributed by atoms with Crippen LogP contribution in [0.4, 0.5) is 5.69 Å². The lowest BCUT2D eigenvalue weighted by molar-refractivity contribution is 0.411. The van der Waals surface area contributed by atoms with Gasteiger partial charge in [-0.25, -0.2) is 0 Å². The quantitative estimate of drug-likeness (QED) is 0.834. The van der Waals surface area contributed by atoms with Crippen LogP contribution in [0.1, 0.15) is 12.8 Å². The molecule has 0 bridgehead atoms. The molecule has 1 saturated heterocycles. The van der Waals surface area contributed by atoms with Gasteiger partial charge in [0.1, 0.15) is 5.75 Å². The smallest absolute Gasteiger partial charge is 0.139 e. The van der Waals surface area contributed by atoms with E-state index in [1.165, 1.54) is 12.8 Å². The van der Waals surface area contributed by atoms with Gasteiger partial charge in [-0.3, -0.25) is 4.98 Å². The van der Waals surface area contributed by atoms with Gasteiger partial charge < -0.3 is 15.0 Å². The Hall–Kier alpha value is -1.29. The van der Waals surface area contributed by atoms with E-state index >= 15 is 0 Å². The molecule has 1 fully saturated rings. The van der Waals surface area contributed by atoms with Crippen LogP contribution in [-0.4, -0.2) is 38.3 Å². The number of pyridine rings is 1. The standard InChI is InChI=1S/C12H19N3O/c1-13-10-4-3-5-15(9-10)11-6-12(16-2)8-14-7-11/h6-8,10,13H,3-5,9H2,1-2H3/t10-/m0/s1. The molecule has 1 aromatic rings. The molecular weight excluding hydrogens is 202 g/mol. The highest BCUT2D eigenvalue weighted by atomic mass is 16.5. The Balaban J connectivity index is 2.10. The van der Waals surface area contributed by atoms with Gasteiger partial charge in [-0.05, 0) is 19.9 Å². The van der Waals surface area contributed by atoms with E-state index in [9.17, 15) is 0 Å². The zero-order valence-corrected chi connectivity index (χ0v) is 9.94. The fourth-order valence-corrected chi connectivity index (χ4v) is 2.14.